The summed E-state index contributed by atoms with van der Waals surface area (Å²) in [7, 11) is 0. The molecule has 0 heteroatoms. The summed E-state index contributed by atoms with van der Waals surface area (Å²) in [5.41, 5.74) is 3.40. The van der Waals surface area contributed by atoms with Crippen LogP contribution in [0.4, 0.5) is 0 Å². The van der Waals surface area contributed by atoms with Crippen LogP contribution >= 0.6 is 0 Å². The van der Waals surface area contributed by atoms with Gasteiger partial charge in [-0.05, 0) is 115 Å². The van der Waals surface area contributed by atoms with Crippen LogP contribution in [0, 0.1) is 57.7 Å². The van der Waals surface area contributed by atoms with Crippen molar-refractivity contribution in [2.45, 2.75) is 113 Å². The van der Waals surface area contributed by atoms with E-state index in [9.17, 15) is 0 Å². The Morgan fingerprint density at radius 2 is 1.71 bits per heavy atom. The molecule has 0 spiro atoms. The van der Waals surface area contributed by atoms with Gasteiger partial charge in [-0.2, -0.15) is 0 Å². The second kappa shape index (κ2) is 8.36. The van der Waals surface area contributed by atoms with Crippen molar-refractivity contribution in [3.8, 4) is 0 Å². The highest BCUT2D eigenvalue weighted by Crippen LogP contribution is 2.72. The molecular formula is C31H52. The van der Waals surface area contributed by atoms with E-state index in [1.807, 2.05) is 5.57 Å². The van der Waals surface area contributed by atoms with E-state index in [2.05, 4.69) is 73.6 Å². The summed E-state index contributed by atoms with van der Waals surface area (Å²) in [6.07, 6.45) is 20.7. The molecule has 0 aliphatic heterocycles. The summed E-state index contributed by atoms with van der Waals surface area (Å²) in [5, 5.41) is 0. The van der Waals surface area contributed by atoms with Gasteiger partial charge < -0.3 is 0 Å². The van der Waals surface area contributed by atoms with Crippen LogP contribution in [0.1, 0.15) is 113 Å². The lowest BCUT2D eigenvalue weighted by molar-refractivity contribution is -0.113. The maximum absolute atomic E-state index is 2.75. The van der Waals surface area contributed by atoms with Gasteiger partial charge in [0, 0.05) is 0 Å². The van der Waals surface area contributed by atoms with E-state index in [4.69, 9.17) is 0 Å². The highest BCUT2D eigenvalue weighted by molar-refractivity contribution is 5.28. The van der Waals surface area contributed by atoms with Crippen LogP contribution in [0.15, 0.2) is 23.8 Å². The first kappa shape index (κ1) is 23.6. The molecule has 0 aromatic carbocycles. The van der Waals surface area contributed by atoms with Crippen molar-refractivity contribution in [1.82, 2.24) is 0 Å². The third-order valence-corrected chi connectivity index (χ3v) is 11.9. The zero-order chi connectivity index (χ0) is 22.6. The van der Waals surface area contributed by atoms with E-state index in [1.165, 1.54) is 57.8 Å². The Morgan fingerprint density at radius 3 is 2.39 bits per heavy atom. The molecule has 9 atom stereocenters. The van der Waals surface area contributed by atoms with Crippen molar-refractivity contribution in [1.29, 1.82) is 0 Å². The smallest absolute Gasteiger partial charge is 0.00596 e. The van der Waals surface area contributed by atoms with Crippen LogP contribution in [0.2, 0.25) is 0 Å². The third-order valence-electron chi connectivity index (χ3n) is 11.9. The second-order valence-electron chi connectivity index (χ2n) is 13.5. The molecule has 176 valence electrons. The first-order chi connectivity index (χ1) is 14.6. The molecule has 4 aliphatic carbocycles. The minimum absolute atomic E-state index is 0.471. The van der Waals surface area contributed by atoms with Crippen molar-refractivity contribution in [3.63, 3.8) is 0 Å². The van der Waals surface area contributed by atoms with Crippen LogP contribution in [0.25, 0.3) is 0 Å². The average molecular weight is 425 g/mol. The zero-order valence-electron chi connectivity index (χ0n) is 22.1. The Kier molecular flexibility index (Phi) is 6.37. The lowest BCUT2D eigenvalue weighted by Gasteiger charge is -2.64. The number of hydrogen-bond donors (Lipinski definition) is 0. The van der Waals surface area contributed by atoms with E-state index in [1.54, 1.807) is 0 Å². The molecule has 0 radical (unpaired) electrons. The highest BCUT2D eigenvalue weighted by atomic mass is 14.7. The molecule has 4 rings (SSSR count). The Bertz CT molecular complexity index is 712. The van der Waals surface area contributed by atoms with E-state index < -0.39 is 0 Å². The number of allylic oxidation sites excluding steroid dienone is 4. The largest absolute Gasteiger partial charge is 0.0851 e. The number of rotatable bonds is 5. The van der Waals surface area contributed by atoms with Gasteiger partial charge in [-0.15, -0.1) is 0 Å². The minimum atomic E-state index is 0.471. The number of fused-ring (bicyclic) bond motifs is 5. The summed E-state index contributed by atoms with van der Waals surface area (Å²) in [6.45, 7) is 20.3. The van der Waals surface area contributed by atoms with Crippen LogP contribution in [0.3, 0.4) is 0 Å². The summed E-state index contributed by atoms with van der Waals surface area (Å²) < 4.78 is 0. The molecule has 0 nitrogen and oxygen atoms in total. The molecule has 0 saturated heterocycles. The molecule has 31 heavy (non-hydrogen) atoms. The first-order valence-corrected chi connectivity index (χ1v) is 13.9. The maximum Gasteiger partial charge on any atom is -0.00596 e. The molecule has 0 aromatic heterocycles. The Labute approximate surface area is 194 Å². The summed E-state index contributed by atoms with van der Waals surface area (Å²) in [4.78, 5) is 0. The normalized spacial score (nSPS) is 46.9. The minimum Gasteiger partial charge on any atom is -0.0851 e. The molecule has 1 unspecified atom stereocenters. The van der Waals surface area contributed by atoms with Crippen molar-refractivity contribution < 1.29 is 0 Å². The topological polar surface area (TPSA) is 0 Å². The van der Waals surface area contributed by atoms with E-state index in [0.29, 0.717) is 16.2 Å². The highest BCUT2D eigenvalue weighted by Gasteiger charge is 2.63. The van der Waals surface area contributed by atoms with Gasteiger partial charge in [0.25, 0.3) is 0 Å². The van der Waals surface area contributed by atoms with E-state index >= 15 is 0 Å². The van der Waals surface area contributed by atoms with Gasteiger partial charge in [0.15, 0.2) is 0 Å². The van der Waals surface area contributed by atoms with E-state index in [-0.39, 0.29) is 0 Å². The van der Waals surface area contributed by atoms with Gasteiger partial charge in [-0.3, -0.25) is 0 Å². The van der Waals surface area contributed by atoms with Crippen LogP contribution in [-0.4, -0.2) is 0 Å². The summed E-state index contributed by atoms with van der Waals surface area (Å²) in [6, 6.07) is 0. The van der Waals surface area contributed by atoms with Gasteiger partial charge in [0.1, 0.15) is 0 Å². The molecule has 4 aliphatic rings. The third kappa shape index (κ3) is 3.61. The zero-order valence-corrected chi connectivity index (χ0v) is 22.1. The van der Waals surface area contributed by atoms with Crippen molar-refractivity contribution in [2.24, 2.45) is 57.7 Å². The Morgan fingerprint density at radius 1 is 0.968 bits per heavy atom. The Balaban J connectivity index is 1.57. The van der Waals surface area contributed by atoms with Crippen molar-refractivity contribution >= 4 is 0 Å². The van der Waals surface area contributed by atoms with Crippen LogP contribution in [0.5, 0.6) is 0 Å². The fourth-order valence-electron chi connectivity index (χ4n) is 9.37. The van der Waals surface area contributed by atoms with Gasteiger partial charge in [0.05, 0.1) is 0 Å². The van der Waals surface area contributed by atoms with Crippen molar-refractivity contribution in [3.05, 3.63) is 23.8 Å². The van der Waals surface area contributed by atoms with Gasteiger partial charge in [0.2, 0.25) is 0 Å². The average Bonchev–Trinajstić information content (AvgIpc) is 3.07. The van der Waals surface area contributed by atoms with Crippen molar-refractivity contribution in [2.75, 3.05) is 0 Å². The Hall–Kier alpha value is -0.520. The molecule has 0 amide bonds. The first-order valence-electron chi connectivity index (χ1n) is 13.9. The predicted molar refractivity (Wildman–Crippen MR) is 136 cm³/mol. The fourth-order valence-corrected chi connectivity index (χ4v) is 9.37. The second-order valence-corrected chi connectivity index (χ2v) is 13.5. The molecule has 0 aromatic rings. The quantitative estimate of drug-likeness (QED) is 0.385. The molecule has 0 N–H and O–H groups in total. The summed E-state index contributed by atoms with van der Waals surface area (Å²) >= 11 is 0. The van der Waals surface area contributed by atoms with Gasteiger partial charge >= 0.3 is 0 Å². The van der Waals surface area contributed by atoms with Crippen LogP contribution < -0.4 is 0 Å². The van der Waals surface area contributed by atoms with Gasteiger partial charge in [-0.1, -0.05) is 79.2 Å². The number of hydrogen-bond acceptors (Lipinski definition) is 0. The molecule has 3 fully saturated rings. The maximum atomic E-state index is 2.75. The van der Waals surface area contributed by atoms with Gasteiger partial charge in [-0.25, -0.2) is 0 Å². The standard InChI is InChI=1S/C31H52/c1-9-24(21(2)3)11-10-23(5)26-14-15-27-28-13-12-25-20-22(4)16-17-30(25,7)31(28,8)19-18-29(26,27)6/h10-12,21-24,26-28H,9,13-20H2,1-8H3/b11-10+/t22-,23+,24?,26+,27-,28-,29+,30-,31-/m0/s1. The lowest BCUT2D eigenvalue weighted by atomic mass is 9.40. The molecule has 0 heterocycles. The summed E-state index contributed by atoms with van der Waals surface area (Å²) in [5.74, 6) is 5.87. The SMILES string of the molecule is CCC(/C=C/[C@@H](C)[C@H]1CC[C@H]2[C@@H]3CC=C4C[C@@H](C)CC[C@]4(C)[C@@]3(C)CC[C@]12C)C(C)C. The predicted octanol–water partition coefficient (Wildman–Crippen LogP) is 9.47. The molecular weight excluding hydrogens is 372 g/mol. The van der Waals surface area contributed by atoms with E-state index in [0.717, 1.165) is 41.4 Å². The lowest BCUT2D eigenvalue weighted by Crippen LogP contribution is -2.56. The van der Waals surface area contributed by atoms with Crippen LogP contribution in [-0.2, 0) is 0 Å². The molecule has 3 saturated carbocycles. The monoisotopic (exact) mass is 424 g/mol. The fraction of sp³-hybridized carbons (Fsp3) is 0.871. The molecule has 0 bridgehead atoms.